The molecule has 0 aliphatic carbocycles. The highest BCUT2D eigenvalue weighted by Crippen LogP contribution is 2.26. The van der Waals surface area contributed by atoms with E-state index in [9.17, 15) is 0 Å². The summed E-state index contributed by atoms with van der Waals surface area (Å²) in [6.45, 7) is 4.07. The first-order valence-corrected chi connectivity index (χ1v) is 8.11. The Morgan fingerprint density at radius 3 is 2.83 bits per heavy atom. The minimum Gasteiger partial charge on any atom is -0.294 e. The second-order valence-corrected chi connectivity index (χ2v) is 6.24. The van der Waals surface area contributed by atoms with Crippen molar-refractivity contribution in [1.82, 2.24) is 14.7 Å². The van der Waals surface area contributed by atoms with Gasteiger partial charge in [0.05, 0.1) is 16.4 Å². The van der Waals surface area contributed by atoms with E-state index in [1.807, 2.05) is 18.7 Å². The molecule has 0 N–H and O–H groups in total. The number of aromatic nitrogens is 2. The third kappa shape index (κ3) is 3.09. The van der Waals surface area contributed by atoms with E-state index in [-0.39, 0.29) is 0 Å². The molecule has 0 spiro atoms. The smallest absolute Gasteiger partial charge is 0.0860 e. The molecule has 1 saturated heterocycles. The lowest BCUT2D eigenvalue weighted by atomic mass is 10.00. The Morgan fingerprint density at radius 2 is 2.22 bits per heavy atom. The van der Waals surface area contributed by atoms with E-state index in [1.54, 1.807) is 0 Å². The van der Waals surface area contributed by atoms with Crippen molar-refractivity contribution in [1.29, 1.82) is 0 Å². The van der Waals surface area contributed by atoms with E-state index in [4.69, 9.17) is 11.6 Å². The van der Waals surface area contributed by atoms with Gasteiger partial charge in [-0.2, -0.15) is 5.10 Å². The molecule has 18 heavy (non-hydrogen) atoms. The topological polar surface area (TPSA) is 21.1 Å². The first-order valence-electron chi connectivity index (χ1n) is 6.61. The molecule has 0 amide bonds. The Balaban J connectivity index is 2.10. The van der Waals surface area contributed by atoms with Gasteiger partial charge in [0.25, 0.3) is 0 Å². The van der Waals surface area contributed by atoms with Crippen molar-refractivity contribution in [3.8, 4) is 0 Å². The van der Waals surface area contributed by atoms with Crippen molar-refractivity contribution in [2.45, 2.75) is 45.2 Å². The fourth-order valence-electron chi connectivity index (χ4n) is 2.77. The minimum absolute atomic E-state index is 0.685. The van der Waals surface area contributed by atoms with Crippen LogP contribution in [0.25, 0.3) is 0 Å². The van der Waals surface area contributed by atoms with Gasteiger partial charge < -0.3 is 0 Å². The van der Waals surface area contributed by atoms with Crippen LogP contribution in [0, 0.1) is 6.92 Å². The molecule has 1 atom stereocenters. The average Bonchev–Trinajstić information content (AvgIpc) is 2.59. The molecule has 1 aromatic rings. The second-order valence-electron chi connectivity index (χ2n) is 5.07. The van der Waals surface area contributed by atoms with E-state index in [1.165, 1.54) is 32.2 Å². The summed E-state index contributed by atoms with van der Waals surface area (Å²) in [7, 11) is 1.98. The van der Waals surface area contributed by atoms with Crippen LogP contribution in [-0.4, -0.2) is 32.6 Å². The van der Waals surface area contributed by atoms with Crippen molar-refractivity contribution in [3.63, 3.8) is 0 Å². The van der Waals surface area contributed by atoms with Gasteiger partial charge in [0.2, 0.25) is 0 Å². The zero-order valence-electron chi connectivity index (χ0n) is 11.1. The van der Waals surface area contributed by atoms with Gasteiger partial charge in [0.15, 0.2) is 0 Å². The maximum absolute atomic E-state index is 6.34. The molecule has 1 fully saturated rings. The van der Waals surface area contributed by atoms with Crippen molar-refractivity contribution >= 4 is 27.5 Å². The molecule has 1 aliphatic heterocycles. The lowest BCUT2D eigenvalue weighted by Crippen LogP contribution is -2.39. The molecule has 0 aromatic carbocycles. The highest BCUT2D eigenvalue weighted by molar-refractivity contribution is 9.09. The summed E-state index contributed by atoms with van der Waals surface area (Å²) in [5.74, 6) is 0. The lowest BCUT2D eigenvalue weighted by Gasteiger charge is -2.35. The normalized spacial score (nSPS) is 21.4. The quantitative estimate of drug-likeness (QED) is 0.786. The monoisotopic (exact) mass is 333 g/mol. The molecule has 0 saturated carbocycles. The average molecular weight is 335 g/mol. The van der Waals surface area contributed by atoms with Crippen LogP contribution in [0.2, 0.25) is 5.02 Å². The zero-order chi connectivity index (χ0) is 13.1. The second kappa shape index (κ2) is 6.40. The molecule has 102 valence electrons. The summed E-state index contributed by atoms with van der Waals surface area (Å²) >= 11 is 9.90. The maximum atomic E-state index is 6.34. The van der Waals surface area contributed by atoms with Crippen molar-refractivity contribution < 1.29 is 0 Å². The zero-order valence-corrected chi connectivity index (χ0v) is 13.5. The highest BCUT2D eigenvalue weighted by atomic mass is 79.9. The molecule has 1 aromatic heterocycles. The molecule has 2 heterocycles. The molecule has 1 aliphatic rings. The van der Waals surface area contributed by atoms with Crippen molar-refractivity contribution in [3.05, 3.63) is 16.4 Å². The number of rotatable bonds is 4. The molecule has 0 bridgehead atoms. The van der Waals surface area contributed by atoms with Crippen LogP contribution < -0.4 is 0 Å². The fraction of sp³-hybridized carbons (Fsp3) is 0.769. The Hall–Kier alpha value is -0.0600. The fourth-order valence-corrected chi connectivity index (χ4v) is 3.51. The van der Waals surface area contributed by atoms with Gasteiger partial charge in [-0.25, -0.2) is 0 Å². The predicted molar refractivity (Wildman–Crippen MR) is 79.4 cm³/mol. The van der Waals surface area contributed by atoms with E-state index in [0.717, 1.165) is 28.3 Å². The number of piperidine rings is 1. The molecule has 3 nitrogen and oxygen atoms in total. The van der Waals surface area contributed by atoms with Gasteiger partial charge >= 0.3 is 0 Å². The lowest BCUT2D eigenvalue weighted by molar-refractivity contribution is 0.134. The third-order valence-corrected chi connectivity index (χ3v) is 4.76. The summed E-state index contributed by atoms with van der Waals surface area (Å²) in [4.78, 5) is 2.56. The molecule has 5 heteroatoms. The maximum Gasteiger partial charge on any atom is 0.0860 e. The Labute approximate surface area is 123 Å². The van der Waals surface area contributed by atoms with E-state index >= 15 is 0 Å². The number of halogens is 2. The van der Waals surface area contributed by atoms with Crippen LogP contribution in [0.3, 0.4) is 0 Å². The van der Waals surface area contributed by atoms with Crippen LogP contribution in [0.1, 0.15) is 37.1 Å². The Bertz CT molecular complexity index is 403. The SMILES string of the molecule is Cc1nn(C)c(CN2CCCCC2CCBr)c1Cl. The number of likely N-dealkylation sites (tertiary alicyclic amines) is 1. The number of alkyl halides is 1. The van der Waals surface area contributed by atoms with Crippen LogP contribution in [-0.2, 0) is 13.6 Å². The molecule has 1 unspecified atom stereocenters. The first-order chi connectivity index (χ1) is 8.63. The predicted octanol–water partition coefficient (Wildman–Crippen LogP) is 3.52. The number of hydrogen-bond acceptors (Lipinski definition) is 2. The van der Waals surface area contributed by atoms with Gasteiger partial charge in [0.1, 0.15) is 0 Å². The van der Waals surface area contributed by atoms with Crippen LogP contribution >= 0.6 is 27.5 Å². The van der Waals surface area contributed by atoms with Crippen molar-refractivity contribution in [2.24, 2.45) is 7.05 Å². The molecule has 0 radical (unpaired) electrons. The summed E-state index contributed by atoms with van der Waals surface area (Å²) in [6, 6.07) is 0.685. The Morgan fingerprint density at radius 1 is 1.44 bits per heavy atom. The number of hydrogen-bond donors (Lipinski definition) is 0. The molecular weight excluding hydrogens is 314 g/mol. The molecule has 2 rings (SSSR count). The van der Waals surface area contributed by atoms with E-state index in [0.29, 0.717) is 6.04 Å². The van der Waals surface area contributed by atoms with Crippen LogP contribution in [0.15, 0.2) is 0 Å². The summed E-state index contributed by atoms with van der Waals surface area (Å²) in [5, 5.41) is 6.31. The van der Waals surface area contributed by atoms with Gasteiger partial charge in [-0.15, -0.1) is 0 Å². The minimum atomic E-state index is 0.685. The van der Waals surface area contributed by atoms with Gasteiger partial charge in [-0.3, -0.25) is 9.58 Å². The van der Waals surface area contributed by atoms with Gasteiger partial charge in [-0.05, 0) is 32.7 Å². The molecular formula is C13H21BrClN3. The highest BCUT2D eigenvalue weighted by Gasteiger charge is 2.24. The summed E-state index contributed by atoms with van der Waals surface area (Å²) in [6.07, 6.45) is 5.17. The largest absolute Gasteiger partial charge is 0.294 e. The van der Waals surface area contributed by atoms with E-state index in [2.05, 4.69) is 25.9 Å². The van der Waals surface area contributed by atoms with Crippen molar-refractivity contribution in [2.75, 3.05) is 11.9 Å². The van der Waals surface area contributed by atoms with Crippen LogP contribution in [0.4, 0.5) is 0 Å². The third-order valence-electron chi connectivity index (χ3n) is 3.81. The van der Waals surface area contributed by atoms with Gasteiger partial charge in [-0.1, -0.05) is 34.0 Å². The summed E-state index contributed by atoms with van der Waals surface area (Å²) < 4.78 is 1.93. The standard InChI is InChI=1S/C13H21BrClN3/c1-10-13(15)12(17(2)16-10)9-18-8-4-3-5-11(18)6-7-14/h11H,3-9H2,1-2H3. The van der Waals surface area contributed by atoms with E-state index < -0.39 is 0 Å². The van der Waals surface area contributed by atoms with Crippen LogP contribution in [0.5, 0.6) is 0 Å². The number of aryl methyl sites for hydroxylation is 2. The van der Waals surface area contributed by atoms with Gasteiger partial charge in [0, 0.05) is 25.0 Å². The first kappa shape index (κ1) is 14.4. The number of nitrogens with zero attached hydrogens (tertiary/aromatic N) is 3. The Kier molecular flexibility index (Phi) is 5.10. The summed E-state index contributed by atoms with van der Waals surface area (Å²) in [5.41, 5.74) is 2.08.